The second kappa shape index (κ2) is 6.61. The largest absolute Gasteiger partial charge is 0.508 e. The van der Waals surface area contributed by atoms with Gasteiger partial charge in [-0.2, -0.15) is 0 Å². The Balaban J connectivity index is 2.14. The molecule has 0 saturated carbocycles. The summed E-state index contributed by atoms with van der Waals surface area (Å²) in [6.45, 7) is 2.90. The standard InChI is InChI=1S/C16H18N2O2/c1-2-11-17-15-6-4-3-5-14(15)16(20)18-12-7-9-13(19)10-8-12/h3-10,17,19H,2,11H2,1H3,(H,18,20). The summed E-state index contributed by atoms with van der Waals surface area (Å²) < 4.78 is 0. The van der Waals surface area contributed by atoms with Crippen molar-refractivity contribution in [1.29, 1.82) is 0 Å². The molecule has 0 bridgehead atoms. The molecule has 0 radical (unpaired) electrons. The minimum atomic E-state index is -0.171. The van der Waals surface area contributed by atoms with Gasteiger partial charge in [-0.15, -0.1) is 0 Å². The highest BCUT2D eigenvalue weighted by atomic mass is 16.3. The highest BCUT2D eigenvalue weighted by Gasteiger charge is 2.10. The van der Waals surface area contributed by atoms with E-state index in [1.54, 1.807) is 18.2 Å². The van der Waals surface area contributed by atoms with E-state index in [4.69, 9.17) is 0 Å². The van der Waals surface area contributed by atoms with Crippen LogP contribution in [0.25, 0.3) is 0 Å². The second-order valence-corrected chi connectivity index (χ2v) is 4.47. The van der Waals surface area contributed by atoms with Crippen LogP contribution in [0.3, 0.4) is 0 Å². The van der Waals surface area contributed by atoms with Crippen LogP contribution in [0, 0.1) is 0 Å². The zero-order valence-corrected chi connectivity index (χ0v) is 11.4. The molecule has 2 aromatic rings. The summed E-state index contributed by atoms with van der Waals surface area (Å²) >= 11 is 0. The first-order valence-electron chi connectivity index (χ1n) is 6.64. The third-order valence-corrected chi connectivity index (χ3v) is 2.86. The monoisotopic (exact) mass is 270 g/mol. The third kappa shape index (κ3) is 3.51. The SMILES string of the molecule is CCCNc1ccccc1C(=O)Nc1ccc(O)cc1. The lowest BCUT2D eigenvalue weighted by Crippen LogP contribution is -2.15. The Hall–Kier alpha value is -2.49. The molecular formula is C16H18N2O2. The van der Waals surface area contributed by atoms with Gasteiger partial charge in [-0.25, -0.2) is 0 Å². The molecule has 4 nitrogen and oxygen atoms in total. The molecule has 0 fully saturated rings. The van der Waals surface area contributed by atoms with Gasteiger partial charge in [0.15, 0.2) is 0 Å². The first-order valence-corrected chi connectivity index (χ1v) is 6.64. The lowest BCUT2D eigenvalue weighted by Gasteiger charge is -2.11. The van der Waals surface area contributed by atoms with E-state index >= 15 is 0 Å². The highest BCUT2D eigenvalue weighted by molar-refractivity contribution is 6.08. The average molecular weight is 270 g/mol. The Morgan fingerprint density at radius 3 is 2.50 bits per heavy atom. The zero-order chi connectivity index (χ0) is 14.4. The van der Waals surface area contributed by atoms with E-state index in [0.717, 1.165) is 18.7 Å². The Kier molecular flexibility index (Phi) is 4.60. The molecule has 0 aliphatic heterocycles. The summed E-state index contributed by atoms with van der Waals surface area (Å²) in [5, 5.41) is 15.3. The Bertz CT molecular complexity index is 579. The molecule has 3 N–H and O–H groups in total. The van der Waals surface area contributed by atoms with Gasteiger partial charge in [0, 0.05) is 17.9 Å². The van der Waals surface area contributed by atoms with E-state index in [1.165, 1.54) is 12.1 Å². The van der Waals surface area contributed by atoms with E-state index in [-0.39, 0.29) is 11.7 Å². The number of benzene rings is 2. The maximum absolute atomic E-state index is 12.3. The van der Waals surface area contributed by atoms with Crippen LogP contribution in [0.1, 0.15) is 23.7 Å². The number of aromatic hydroxyl groups is 1. The molecule has 0 aliphatic rings. The van der Waals surface area contributed by atoms with E-state index in [0.29, 0.717) is 11.3 Å². The van der Waals surface area contributed by atoms with Crippen molar-refractivity contribution in [3.05, 3.63) is 54.1 Å². The molecule has 0 aromatic heterocycles. The second-order valence-electron chi connectivity index (χ2n) is 4.47. The van der Waals surface area contributed by atoms with Gasteiger partial charge in [0.25, 0.3) is 5.91 Å². The van der Waals surface area contributed by atoms with E-state index < -0.39 is 0 Å². The predicted molar refractivity (Wildman–Crippen MR) is 81.3 cm³/mol. The summed E-state index contributed by atoms with van der Waals surface area (Å²) in [6, 6.07) is 13.8. The van der Waals surface area contributed by atoms with E-state index in [2.05, 4.69) is 17.6 Å². The van der Waals surface area contributed by atoms with Crippen LogP contribution in [0.4, 0.5) is 11.4 Å². The van der Waals surface area contributed by atoms with Crippen LogP contribution in [-0.2, 0) is 0 Å². The number of para-hydroxylation sites is 1. The number of phenolic OH excluding ortho intramolecular Hbond substituents is 1. The number of amides is 1. The predicted octanol–water partition coefficient (Wildman–Crippen LogP) is 3.47. The molecule has 0 heterocycles. The first kappa shape index (κ1) is 13.9. The Morgan fingerprint density at radius 2 is 1.80 bits per heavy atom. The van der Waals surface area contributed by atoms with Crippen molar-refractivity contribution in [2.45, 2.75) is 13.3 Å². The molecule has 0 aliphatic carbocycles. The average Bonchev–Trinajstić information content (AvgIpc) is 2.47. The number of nitrogens with one attached hydrogen (secondary N) is 2. The maximum Gasteiger partial charge on any atom is 0.257 e. The van der Waals surface area contributed by atoms with Crippen molar-refractivity contribution < 1.29 is 9.90 Å². The fourth-order valence-electron chi connectivity index (χ4n) is 1.84. The van der Waals surface area contributed by atoms with Crippen molar-refractivity contribution in [3.63, 3.8) is 0 Å². The number of phenols is 1. The summed E-state index contributed by atoms with van der Waals surface area (Å²) in [6.07, 6.45) is 0.994. The van der Waals surface area contributed by atoms with Crippen LogP contribution in [0.2, 0.25) is 0 Å². The van der Waals surface area contributed by atoms with Crippen LogP contribution in [-0.4, -0.2) is 17.6 Å². The maximum atomic E-state index is 12.3. The van der Waals surface area contributed by atoms with Crippen LogP contribution in [0.5, 0.6) is 5.75 Å². The fourth-order valence-corrected chi connectivity index (χ4v) is 1.84. The van der Waals surface area contributed by atoms with Crippen LogP contribution >= 0.6 is 0 Å². The molecule has 1 amide bonds. The highest BCUT2D eigenvalue weighted by Crippen LogP contribution is 2.19. The van der Waals surface area contributed by atoms with Crippen molar-refractivity contribution >= 4 is 17.3 Å². The normalized spacial score (nSPS) is 10.1. The van der Waals surface area contributed by atoms with Gasteiger partial charge in [0.05, 0.1) is 5.56 Å². The molecule has 104 valence electrons. The van der Waals surface area contributed by atoms with Crippen LogP contribution in [0.15, 0.2) is 48.5 Å². The van der Waals surface area contributed by atoms with Crippen molar-refractivity contribution in [2.24, 2.45) is 0 Å². The van der Waals surface area contributed by atoms with Gasteiger partial charge in [-0.3, -0.25) is 4.79 Å². The minimum absolute atomic E-state index is 0.171. The van der Waals surface area contributed by atoms with Crippen molar-refractivity contribution in [2.75, 3.05) is 17.2 Å². The van der Waals surface area contributed by atoms with Crippen molar-refractivity contribution in [3.8, 4) is 5.75 Å². The molecule has 0 unspecified atom stereocenters. The third-order valence-electron chi connectivity index (χ3n) is 2.86. The molecule has 2 rings (SSSR count). The number of hydrogen-bond donors (Lipinski definition) is 3. The molecule has 0 saturated heterocycles. The van der Waals surface area contributed by atoms with E-state index in [9.17, 15) is 9.90 Å². The van der Waals surface area contributed by atoms with Gasteiger partial charge >= 0.3 is 0 Å². The minimum Gasteiger partial charge on any atom is -0.508 e. The van der Waals surface area contributed by atoms with Gasteiger partial charge in [-0.1, -0.05) is 19.1 Å². The Morgan fingerprint density at radius 1 is 1.10 bits per heavy atom. The number of carbonyl (C=O) groups excluding carboxylic acids is 1. The first-order chi connectivity index (χ1) is 9.70. The summed E-state index contributed by atoms with van der Waals surface area (Å²) in [5.74, 6) is 0.00269. The fraction of sp³-hybridized carbons (Fsp3) is 0.188. The molecule has 4 heteroatoms. The molecule has 0 atom stereocenters. The molecular weight excluding hydrogens is 252 g/mol. The number of carbonyl (C=O) groups is 1. The van der Waals surface area contributed by atoms with Crippen molar-refractivity contribution in [1.82, 2.24) is 0 Å². The number of hydrogen-bond acceptors (Lipinski definition) is 3. The summed E-state index contributed by atoms with van der Waals surface area (Å²) in [5.41, 5.74) is 2.08. The van der Waals surface area contributed by atoms with Gasteiger partial charge in [0.1, 0.15) is 5.75 Å². The quantitative estimate of drug-likeness (QED) is 0.729. The molecule has 20 heavy (non-hydrogen) atoms. The lowest BCUT2D eigenvalue weighted by atomic mass is 10.1. The molecule has 0 spiro atoms. The molecule has 2 aromatic carbocycles. The smallest absolute Gasteiger partial charge is 0.257 e. The lowest BCUT2D eigenvalue weighted by molar-refractivity contribution is 0.102. The summed E-state index contributed by atoms with van der Waals surface area (Å²) in [7, 11) is 0. The topological polar surface area (TPSA) is 61.4 Å². The Labute approximate surface area is 118 Å². The summed E-state index contributed by atoms with van der Waals surface area (Å²) in [4.78, 5) is 12.3. The van der Waals surface area contributed by atoms with E-state index in [1.807, 2.05) is 18.2 Å². The van der Waals surface area contributed by atoms with Gasteiger partial charge in [0.2, 0.25) is 0 Å². The van der Waals surface area contributed by atoms with Gasteiger partial charge < -0.3 is 15.7 Å². The zero-order valence-electron chi connectivity index (χ0n) is 11.4. The van der Waals surface area contributed by atoms with Crippen LogP contribution < -0.4 is 10.6 Å². The number of anilines is 2. The number of rotatable bonds is 5. The van der Waals surface area contributed by atoms with Gasteiger partial charge in [-0.05, 0) is 42.8 Å².